The second-order valence-electron chi connectivity index (χ2n) is 14.2. The lowest BCUT2D eigenvalue weighted by atomic mass is 9.90. The average Bonchev–Trinajstić information content (AvgIpc) is 3.81. The molecule has 4 unspecified atom stereocenters. The molecule has 246 valence electrons. The summed E-state index contributed by atoms with van der Waals surface area (Å²) in [5.41, 5.74) is 3.47. The molecular weight excluding hydrogens is 597 g/mol. The highest BCUT2D eigenvalue weighted by Crippen LogP contribution is 2.50. The highest BCUT2D eigenvalue weighted by atomic mass is 19.4. The van der Waals surface area contributed by atoms with Crippen molar-refractivity contribution in [2.75, 3.05) is 36.0 Å². The number of benzene rings is 2. The lowest BCUT2D eigenvalue weighted by molar-refractivity contribution is -0.141. The molecule has 0 spiro atoms. The molecule has 0 bridgehead atoms. The van der Waals surface area contributed by atoms with E-state index in [1.54, 1.807) is 6.07 Å². The molecule has 1 N–H and O–H groups in total. The van der Waals surface area contributed by atoms with Gasteiger partial charge in [0.05, 0.1) is 5.60 Å². The summed E-state index contributed by atoms with van der Waals surface area (Å²) < 4.78 is 38.6. The quantitative estimate of drug-likeness (QED) is 0.244. The van der Waals surface area contributed by atoms with E-state index in [9.17, 15) is 18.3 Å². The van der Waals surface area contributed by atoms with Crippen molar-refractivity contribution in [2.24, 2.45) is 23.7 Å². The molecule has 4 fully saturated rings. The van der Waals surface area contributed by atoms with Gasteiger partial charge in [0, 0.05) is 31.9 Å². The third kappa shape index (κ3) is 6.62. The second-order valence-corrected chi connectivity index (χ2v) is 14.2. The SMILES string of the molecule is Cc1cccc(N2CC3CC(O)(c4ccccc4)CC3C2)n1.Cc1ccccc1C1CC2CN(c3cccc(C(F)(F)F)n3)CC2C1. The number of halogens is 3. The van der Waals surface area contributed by atoms with Gasteiger partial charge in [-0.1, -0.05) is 66.7 Å². The van der Waals surface area contributed by atoms with Crippen LogP contribution in [0.3, 0.4) is 0 Å². The van der Waals surface area contributed by atoms with Crippen molar-refractivity contribution in [1.29, 1.82) is 0 Å². The van der Waals surface area contributed by atoms with E-state index >= 15 is 0 Å². The van der Waals surface area contributed by atoms with E-state index < -0.39 is 17.5 Å². The Balaban J connectivity index is 0.000000151. The van der Waals surface area contributed by atoms with E-state index in [1.165, 1.54) is 17.2 Å². The molecule has 4 aliphatic rings. The topological polar surface area (TPSA) is 52.5 Å². The van der Waals surface area contributed by atoms with E-state index in [4.69, 9.17) is 0 Å². The molecule has 2 aliphatic heterocycles. The Kier molecular flexibility index (Phi) is 8.49. The van der Waals surface area contributed by atoms with Crippen LogP contribution in [0.25, 0.3) is 0 Å². The number of fused-ring (bicyclic) bond motifs is 2. The van der Waals surface area contributed by atoms with Gasteiger partial charge in [-0.2, -0.15) is 13.2 Å². The van der Waals surface area contributed by atoms with E-state index in [-0.39, 0.29) is 0 Å². The predicted octanol–water partition coefficient (Wildman–Crippen LogP) is 8.16. The lowest BCUT2D eigenvalue weighted by Gasteiger charge is -2.27. The number of hydrogen-bond acceptors (Lipinski definition) is 5. The predicted molar refractivity (Wildman–Crippen MR) is 179 cm³/mol. The number of rotatable bonds is 4. The van der Waals surface area contributed by atoms with Crippen LogP contribution in [0.15, 0.2) is 91.0 Å². The van der Waals surface area contributed by atoms with Crippen LogP contribution < -0.4 is 9.80 Å². The molecule has 4 aromatic rings. The fourth-order valence-electron chi connectivity index (χ4n) is 8.77. The first-order valence-corrected chi connectivity index (χ1v) is 16.9. The number of alkyl halides is 3. The maximum absolute atomic E-state index is 12.9. The number of aromatic nitrogens is 2. The van der Waals surface area contributed by atoms with Crippen molar-refractivity contribution >= 4 is 11.6 Å². The van der Waals surface area contributed by atoms with Gasteiger partial charge in [-0.15, -0.1) is 0 Å². The minimum Gasteiger partial charge on any atom is -0.385 e. The first-order chi connectivity index (χ1) is 22.6. The summed E-state index contributed by atoms with van der Waals surface area (Å²) in [5.74, 6) is 4.32. The summed E-state index contributed by atoms with van der Waals surface area (Å²) in [6, 6.07) is 29.1. The zero-order valence-corrected chi connectivity index (χ0v) is 27.1. The molecule has 47 heavy (non-hydrogen) atoms. The third-order valence-corrected chi connectivity index (χ3v) is 11.0. The van der Waals surface area contributed by atoms with E-state index in [0.29, 0.717) is 35.4 Å². The minimum atomic E-state index is -4.39. The summed E-state index contributed by atoms with van der Waals surface area (Å²) in [4.78, 5) is 12.9. The molecule has 2 aromatic carbocycles. The Morgan fingerprint density at radius 3 is 1.81 bits per heavy atom. The molecule has 5 nitrogen and oxygen atoms in total. The first kappa shape index (κ1) is 31.7. The molecule has 2 aliphatic carbocycles. The van der Waals surface area contributed by atoms with Gasteiger partial charge in [-0.05, 0) is 110 Å². The number of pyridine rings is 2. The van der Waals surface area contributed by atoms with Gasteiger partial charge in [0.15, 0.2) is 0 Å². The smallest absolute Gasteiger partial charge is 0.385 e. The Labute approximate surface area is 275 Å². The van der Waals surface area contributed by atoms with Gasteiger partial charge in [0.2, 0.25) is 0 Å². The van der Waals surface area contributed by atoms with E-state index in [1.807, 2.05) is 36.1 Å². The van der Waals surface area contributed by atoms with Crippen LogP contribution in [0.2, 0.25) is 0 Å². The van der Waals surface area contributed by atoms with Gasteiger partial charge in [0.25, 0.3) is 0 Å². The van der Waals surface area contributed by atoms with Crippen molar-refractivity contribution in [3.63, 3.8) is 0 Å². The second kappa shape index (κ2) is 12.6. The Morgan fingerprint density at radius 2 is 1.21 bits per heavy atom. The summed E-state index contributed by atoms with van der Waals surface area (Å²) in [6.07, 6.45) is -0.425. The number of nitrogens with zero attached hydrogens (tertiary/aromatic N) is 4. The van der Waals surface area contributed by atoms with Gasteiger partial charge in [-0.3, -0.25) is 0 Å². The maximum Gasteiger partial charge on any atom is 0.433 e. The van der Waals surface area contributed by atoms with Crippen LogP contribution in [-0.2, 0) is 11.8 Å². The molecule has 0 amide bonds. The largest absolute Gasteiger partial charge is 0.433 e. The summed E-state index contributed by atoms with van der Waals surface area (Å²) in [6.45, 7) is 7.83. The molecule has 4 atom stereocenters. The van der Waals surface area contributed by atoms with Crippen LogP contribution in [0.5, 0.6) is 0 Å². The van der Waals surface area contributed by atoms with Crippen LogP contribution in [0.1, 0.15) is 59.7 Å². The molecule has 2 saturated heterocycles. The highest BCUT2D eigenvalue weighted by Gasteiger charge is 2.49. The number of aliphatic hydroxyl groups is 1. The Hall–Kier alpha value is -3.91. The zero-order valence-electron chi connectivity index (χ0n) is 27.1. The molecule has 4 heterocycles. The van der Waals surface area contributed by atoms with Crippen LogP contribution in [-0.4, -0.2) is 41.3 Å². The Bertz CT molecular complexity index is 1670. The van der Waals surface area contributed by atoms with E-state index in [2.05, 4.69) is 70.3 Å². The number of aryl methyl sites for hydroxylation is 2. The molecular formula is C39H43F3N4O. The van der Waals surface area contributed by atoms with Crippen LogP contribution in [0, 0.1) is 37.5 Å². The molecule has 2 saturated carbocycles. The Morgan fingerprint density at radius 1 is 0.660 bits per heavy atom. The van der Waals surface area contributed by atoms with Gasteiger partial charge in [0.1, 0.15) is 17.3 Å². The fourth-order valence-corrected chi connectivity index (χ4v) is 8.77. The monoisotopic (exact) mass is 640 g/mol. The molecule has 2 aromatic heterocycles. The van der Waals surface area contributed by atoms with Crippen molar-refractivity contribution in [1.82, 2.24) is 9.97 Å². The van der Waals surface area contributed by atoms with Crippen molar-refractivity contribution in [2.45, 2.75) is 57.2 Å². The fraction of sp³-hybridized carbons (Fsp3) is 0.436. The maximum atomic E-state index is 12.9. The average molecular weight is 641 g/mol. The van der Waals surface area contributed by atoms with Crippen molar-refractivity contribution in [3.8, 4) is 0 Å². The lowest BCUT2D eigenvalue weighted by Crippen LogP contribution is -2.28. The van der Waals surface area contributed by atoms with Crippen molar-refractivity contribution in [3.05, 3.63) is 119 Å². The molecule has 8 heteroatoms. The zero-order chi connectivity index (χ0) is 32.8. The normalized spacial score (nSPS) is 28.2. The molecule has 0 radical (unpaired) electrons. The van der Waals surface area contributed by atoms with Crippen LogP contribution in [0.4, 0.5) is 24.8 Å². The summed E-state index contributed by atoms with van der Waals surface area (Å²) in [7, 11) is 0. The molecule has 8 rings (SSSR count). The standard InChI is InChI=1S/C20H21F3N2.C19H22N2O/c1-13-5-2-3-6-17(13)14-9-15-11-25(12-16(15)10-14)19-8-4-7-18(24-19)20(21,22)23;1-14-6-5-9-18(20-14)21-12-15-10-19(22,11-16(15)13-21)17-7-3-2-4-8-17/h2-8,14-16H,9-12H2,1H3;2-9,15-16,22H,10-13H2,1H3. The summed E-state index contributed by atoms with van der Waals surface area (Å²) in [5, 5.41) is 11.0. The number of anilines is 2. The van der Waals surface area contributed by atoms with Gasteiger partial charge in [-0.25, -0.2) is 9.97 Å². The van der Waals surface area contributed by atoms with Gasteiger partial charge >= 0.3 is 6.18 Å². The highest BCUT2D eigenvalue weighted by molar-refractivity contribution is 5.43. The van der Waals surface area contributed by atoms with Gasteiger partial charge < -0.3 is 14.9 Å². The third-order valence-electron chi connectivity index (χ3n) is 11.0. The minimum absolute atomic E-state index is 0.455. The van der Waals surface area contributed by atoms with Crippen LogP contribution >= 0.6 is 0 Å². The summed E-state index contributed by atoms with van der Waals surface area (Å²) >= 11 is 0. The first-order valence-electron chi connectivity index (χ1n) is 16.9. The number of hydrogen-bond donors (Lipinski definition) is 1. The van der Waals surface area contributed by atoms with Crippen molar-refractivity contribution < 1.29 is 18.3 Å². The van der Waals surface area contributed by atoms with E-state index in [0.717, 1.165) is 75.0 Å².